The van der Waals surface area contributed by atoms with Gasteiger partial charge in [-0.3, -0.25) is 0 Å². The molecule has 1 atom stereocenters. The van der Waals surface area contributed by atoms with Gasteiger partial charge < -0.3 is 15.0 Å². The summed E-state index contributed by atoms with van der Waals surface area (Å²) in [6.45, 7) is 4.17. The number of ether oxygens (including phenoxy) is 1. The van der Waals surface area contributed by atoms with Crippen LogP contribution < -0.4 is 10.1 Å². The number of nitrogens with zero attached hydrogens (tertiary/aromatic N) is 2. The van der Waals surface area contributed by atoms with Crippen LogP contribution in [0.25, 0.3) is 0 Å². The standard InChI is InChI=1S/C13H23N3O/c1-11(7-8-16(2)3)14-9-12-5-6-13(17-4)15-10-12/h5-6,10-11,14H,7-9H2,1-4H3. The predicted octanol–water partition coefficient (Wildman–Crippen LogP) is 1.52. The molecule has 96 valence electrons. The number of aromatic nitrogens is 1. The van der Waals surface area contributed by atoms with Crippen molar-refractivity contribution in [2.24, 2.45) is 0 Å². The fraction of sp³-hybridized carbons (Fsp3) is 0.615. The Bertz CT molecular complexity index is 311. The zero-order valence-electron chi connectivity index (χ0n) is 11.2. The first-order chi connectivity index (χ1) is 8.11. The summed E-state index contributed by atoms with van der Waals surface area (Å²) in [6, 6.07) is 4.44. The minimum atomic E-state index is 0.513. The number of pyridine rings is 1. The van der Waals surface area contributed by atoms with E-state index in [4.69, 9.17) is 4.74 Å². The summed E-state index contributed by atoms with van der Waals surface area (Å²) >= 11 is 0. The highest BCUT2D eigenvalue weighted by atomic mass is 16.5. The molecule has 1 unspecified atom stereocenters. The third-order valence-electron chi connectivity index (χ3n) is 2.67. The molecule has 0 saturated carbocycles. The number of hydrogen-bond donors (Lipinski definition) is 1. The number of hydrogen-bond acceptors (Lipinski definition) is 4. The molecule has 17 heavy (non-hydrogen) atoms. The SMILES string of the molecule is COc1ccc(CNC(C)CCN(C)C)cn1. The minimum Gasteiger partial charge on any atom is -0.481 e. The Morgan fingerprint density at radius 2 is 2.18 bits per heavy atom. The van der Waals surface area contributed by atoms with E-state index in [2.05, 4.69) is 36.2 Å². The summed E-state index contributed by atoms with van der Waals surface area (Å²) in [6.07, 6.45) is 3.00. The van der Waals surface area contributed by atoms with E-state index in [9.17, 15) is 0 Å². The molecule has 1 heterocycles. The van der Waals surface area contributed by atoms with Gasteiger partial charge in [0.2, 0.25) is 5.88 Å². The largest absolute Gasteiger partial charge is 0.481 e. The molecule has 0 radical (unpaired) electrons. The summed E-state index contributed by atoms with van der Waals surface area (Å²) in [5.74, 6) is 0.661. The van der Waals surface area contributed by atoms with Crippen LogP contribution in [0.5, 0.6) is 5.88 Å². The monoisotopic (exact) mass is 237 g/mol. The zero-order valence-corrected chi connectivity index (χ0v) is 11.2. The van der Waals surface area contributed by atoms with Gasteiger partial charge in [-0.15, -0.1) is 0 Å². The topological polar surface area (TPSA) is 37.4 Å². The molecule has 0 aromatic carbocycles. The molecule has 0 spiro atoms. The lowest BCUT2D eigenvalue weighted by atomic mass is 10.2. The van der Waals surface area contributed by atoms with E-state index in [1.165, 1.54) is 5.56 Å². The smallest absolute Gasteiger partial charge is 0.212 e. The van der Waals surface area contributed by atoms with Crippen molar-refractivity contribution in [3.8, 4) is 5.88 Å². The lowest BCUT2D eigenvalue weighted by Gasteiger charge is -2.16. The molecule has 0 aliphatic rings. The first-order valence-corrected chi connectivity index (χ1v) is 5.99. The van der Waals surface area contributed by atoms with Gasteiger partial charge in [0.1, 0.15) is 0 Å². The summed E-state index contributed by atoms with van der Waals surface area (Å²) in [5.41, 5.74) is 1.18. The van der Waals surface area contributed by atoms with Crippen molar-refractivity contribution >= 4 is 0 Å². The summed E-state index contributed by atoms with van der Waals surface area (Å²) in [4.78, 5) is 6.38. The molecule has 0 aliphatic carbocycles. The van der Waals surface area contributed by atoms with Gasteiger partial charge >= 0.3 is 0 Å². The molecule has 4 nitrogen and oxygen atoms in total. The number of rotatable bonds is 7. The highest BCUT2D eigenvalue weighted by molar-refractivity contribution is 5.17. The van der Waals surface area contributed by atoms with Crippen LogP contribution in [0.2, 0.25) is 0 Å². The minimum absolute atomic E-state index is 0.513. The van der Waals surface area contributed by atoms with Gasteiger partial charge in [0.15, 0.2) is 0 Å². The lowest BCUT2D eigenvalue weighted by molar-refractivity contribution is 0.365. The van der Waals surface area contributed by atoms with Crippen LogP contribution in [0.3, 0.4) is 0 Å². The molecule has 0 fully saturated rings. The Hall–Kier alpha value is -1.13. The second-order valence-corrected chi connectivity index (χ2v) is 4.58. The van der Waals surface area contributed by atoms with Crippen LogP contribution in [0.1, 0.15) is 18.9 Å². The maximum absolute atomic E-state index is 5.02. The normalized spacial score (nSPS) is 12.8. The van der Waals surface area contributed by atoms with Crippen LogP contribution in [-0.4, -0.2) is 43.7 Å². The van der Waals surface area contributed by atoms with Crippen LogP contribution in [0.4, 0.5) is 0 Å². The Kier molecular flexibility index (Phi) is 5.94. The summed E-state index contributed by atoms with van der Waals surface area (Å²) < 4.78 is 5.02. The average Bonchev–Trinajstić information content (AvgIpc) is 2.34. The van der Waals surface area contributed by atoms with Crippen molar-refractivity contribution in [2.45, 2.75) is 25.9 Å². The molecule has 0 amide bonds. The van der Waals surface area contributed by atoms with E-state index >= 15 is 0 Å². The maximum atomic E-state index is 5.02. The van der Waals surface area contributed by atoms with Gasteiger partial charge in [-0.2, -0.15) is 0 Å². The van der Waals surface area contributed by atoms with E-state index < -0.39 is 0 Å². The van der Waals surface area contributed by atoms with E-state index in [1.807, 2.05) is 18.3 Å². The van der Waals surface area contributed by atoms with Crippen molar-refractivity contribution in [1.82, 2.24) is 15.2 Å². The third-order valence-corrected chi connectivity index (χ3v) is 2.67. The molecule has 1 aromatic rings. The van der Waals surface area contributed by atoms with Gasteiger partial charge in [-0.05, 0) is 39.5 Å². The van der Waals surface area contributed by atoms with E-state index in [0.717, 1.165) is 19.5 Å². The molecule has 0 saturated heterocycles. The first-order valence-electron chi connectivity index (χ1n) is 5.99. The molecule has 1 N–H and O–H groups in total. The van der Waals surface area contributed by atoms with Crippen LogP contribution in [0.15, 0.2) is 18.3 Å². The van der Waals surface area contributed by atoms with Gasteiger partial charge in [0.05, 0.1) is 7.11 Å². The van der Waals surface area contributed by atoms with Gasteiger partial charge in [-0.1, -0.05) is 6.07 Å². The van der Waals surface area contributed by atoms with E-state index in [1.54, 1.807) is 7.11 Å². The fourth-order valence-corrected chi connectivity index (χ4v) is 1.48. The second kappa shape index (κ2) is 7.25. The fourth-order valence-electron chi connectivity index (χ4n) is 1.48. The molecule has 1 rings (SSSR count). The van der Waals surface area contributed by atoms with E-state index in [-0.39, 0.29) is 0 Å². The summed E-state index contributed by atoms with van der Waals surface area (Å²) in [7, 11) is 5.82. The molecule has 0 bridgehead atoms. The van der Waals surface area contributed by atoms with Crippen LogP contribution in [-0.2, 0) is 6.54 Å². The van der Waals surface area contributed by atoms with Gasteiger partial charge in [-0.25, -0.2) is 4.98 Å². The van der Waals surface area contributed by atoms with Crippen molar-refractivity contribution < 1.29 is 4.74 Å². The Morgan fingerprint density at radius 1 is 1.41 bits per heavy atom. The number of nitrogens with one attached hydrogen (secondary N) is 1. The quantitative estimate of drug-likeness (QED) is 0.780. The Labute approximate surface area is 104 Å². The van der Waals surface area contributed by atoms with Crippen molar-refractivity contribution in [3.05, 3.63) is 23.9 Å². The van der Waals surface area contributed by atoms with Crippen molar-refractivity contribution in [2.75, 3.05) is 27.7 Å². The lowest BCUT2D eigenvalue weighted by Crippen LogP contribution is -2.29. The molecule has 4 heteroatoms. The first kappa shape index (κ1) is 13.9. The highest BCUT2D eigenvalue weighted by Crippen LogP contribution is 2.06. The third kappa shape index (κ3) is 5.65. The van der Waals surface area contributed by atoms with Crippen LogP contribution >= 0.6 is 0 Å². The van der Waals surface area contributed by atoms with Crippen molar-refractivity contribution in [3.63, 3.8) is 0 Å². The molecule has 1 aromatic heterocycles. The van der Waals surface area contributed by atoms with Crippen molar-refractivity contribution in [1.29, 1.82) is 0 Å². The van der Waals surface area contributed by atoms with Gasteiger partial charge in [0.25, 0.3) is 0 Å². The highest BCUT2D eigenvalue weighted by Gasteiger charge is 2.02. The average molecular weight is 237 g/mol. The molecular formula is C13H23N3O. The maximum Gasteiger partial charge on any atom is 0.212 e. The number of methoxy groups -OCH3 is 1. The second-order valence-electron chi connectivity index (χ2n) is 4.58. The molecule has 0 aliphatic heterocycles. The zero-order chi connectivity index (χ0) is 12.7. The molecular weight excluding hydrogens is 214 g/mol. The van der Waals surface area contributed by atoms with E-state index in [0.29, 0.717) is 11.9 Å². The predicted molar refractivity (Wildman–Crippen MR) is 70.3 cm³/mol. The summed E-state index contributed by atoms with van der Waals surface area (Å²) in [5, 5.41) is 3.48. The van der Waals surface area contributed by atoms with Gasteiger partial charge in [0, 0.05) is 24.8 Å². The van der Waals surface area contributed by atoms with Crippen LogP contribution in [0, 0.1) is 0 Å². The Balaban J connectivity index is 2.29. The Morgan fingerprint density at radius 3 is 2.71 bits per heavy atom.